The highest BCUT2D eigenvalue weighted by atomic mass is 32.1. The van der Waals surface area contributed by atoms with Crippen molar-refractivity contribution in [2.24, 2.45) is 0 Å². The first-order valence-corrected chi connectivity index (χ1v) is 7.03. The Hall–Kier alpha value is -1.88. The fraction of sp³-hybridized carbons (Fsp3) is 0.286. The summed E-state index contributed by atoms with van der Waals surface area (Å²) in [4.78, 5) is 16.4. The van der Waals surface area contributed by atoms with Crippen LogP contribution in [0.25, 0.3) is 0 Å². The number of hydrogen-bond acceptors (Lipinski definition) is 4. The molecule has 0 saturated carbocycles. The van der Waals surface area contributed by atoms with Crippen molar-refractivity contribution in [2.75, 3.05) is 5.73 Å². The molecule has 4 nitrogen and oxygen atoms in total. The summed E-state index contributed by atoms with van der Waals surface area (Å²) in [5.74, 6) is 0.241. The van der Waals surface area contributed by atoms with Crippen molar-refractivity contribution in [1.29, 1.82) is 0 Å². The zero-order chi connectivity index (χ0) is 13.8. The van der Waals surface area contributed by atoms with Crippen LogP contribution in [0.2, 0.25) is 0 Å². The molecule has 0 saturated heterocycles. The van der Waals surface area contributed by atoms with Gasteiger partial charge in [-0.3, -0.25) is 4.79 Å². The molecule has 3 N–H and O–H groups in total. The maximum atomic E-state index is 12.0. The zero-order valence-corrected chi connectivity index (χ0v) is 11.8. The molecule has 1 amide bonds. The SMILES string of the molecule is CC(C)c1csc(CNC(=O)c2ccccc2N)n1. The van der Waals surface area contributed by atoms with Gasteiger partial charge < -0.3 is 11.1 Å². The Bertz CT molecular complexity index is 578. The van der Waals surface area contributed by atoms with Gasteiger partial charge in [0.2, 0.25) is 0 Å². The second-order valence-corrected chi connectivity index (χ2v) is 5.53. The quantitative estimate of drug-likeness (QED) is 0.843. The van der Waals surface area contributed by atoms with Gasteiger partial charge >= 0.3 is 0 Å². The van der Waals surface area contributed by atoms with Crippen molar-refractivity contribution < 1.29 is 4.79 Å². The van der Waals surface area contributed by atoms with E-state index < -0.39 is 0 Å². The Morgan fingerprint density at radius 3 is 2.79 bits per heavy atom. The number of para-hydroxylation sites is 1. The molecule has 1 aromatic carbocycles. The number of carbonyl (C=O) groups excluding carboxylic acids is 1. The zero-order valence-electron chi connectivity index (χ0n) is 11.0. The van der Waals surface area contributed by atoms with Crippen LogP contribution in [-0.4, -0.2) is 10.9 Å². The van der Waals surface area contributed by atoms with Gasteiger partial charge in [-0.1, -0.05) is 26.0 Å². The monoisotopic (exact) mass is 275 g/mol. The highest BCUT2D eigenvalue weighted by molar-refractivity contribution is 7.09. The van der Waals surface area contributed by atoms with E-state index in [4.69, 9.17) is 5.73 Å². The number of nitrogens with two attached hydrogens (primary N) is 1. The lowest BCUT2D eigenvalue weighted by Crippen LogP contribution is -2.23. The number of hydrogen-bond donors (Lipinski definition) is 2. The Labute approximate surface area is 116 Å². The molecule has 5 heteroatoms. The number of nitrogens with one attached hydrogen (secondary N) is 1. The molecule has 0 radical (unpaired) electrons. The van der Waals surface area contributed by atoms with E-state index in [1.54, 1.807) is 29.5 Å². The van der Waals surface area contributed by atoms with Gasteiger partial charge in [0.1, 0.15) is 5.01 Å². The van der Waals surface area contributed by atoms with E-state index in [0.29, 0.717) is 23.7 Å². The third kappa shape index (κ3) is 3.32. The molecule has 0 aliphatic rings. The first-order chi connectivity index (χ1) is 9.08. The molecule has 0 spiro atoms. The van der Waals surface area contributed by atoms with Gasteiger partial charge in [0, 0.05) is 11.1 Å². The minimum absolute atomic E-state index is 0.167. The lowest BCUT2D eigenvalue weighted by atomic mass is 10.1. The number of carbonyl (C=O) groups is 1. The van der Waals surface area contributed by atoms with Crippen molar-refractivity contribution in [2.45, 2.75) is 26.3 Å². The lowest BCUT2D eigenvalue weighted by Gasteiger charge is -2.05. The molecule has 0 bridgehead atoms. The van der Waals surface area contributed by atoms with Gasteiger partial charge in [0.05, 0.1) is 17.8 Å². The Balaban J connectivity index is 1.98. The van der Waals surface area contributed by atoms with E-state index in [1.165, 1.54) is 0 Å². The van der Waals surface area contributed by atoms with Crippen molar-refractivity contribution >= 4 is 22.9 Å². The highest BCUT2D eigenvalue weighted by Crippen LogP contribution is 2.18. The highest BCUT2D eigenvalue weighted by Gasteiger charge is 2.10. The second-order valence-electron chi connectivity index (χ2n) is 4.59. The first-order valence-electron chi connectivity index (χ1n) is 6.15. The number of aromatic nitrogens is 1. The Kier molecular flexibility index (Phi) is 4.16. The summed E-state index contributed by atoms with van der Waals surface area (Å²) >= 11 is 1.56. The molecular formula is C14H17N3OS. The van der Waals surface area contributed by atoms with Crippen LogP contribution in [0, 0.1) is 0 Å². The summed E-state index contributed by atoms with van der Waals surface area (Å²) in [6.07, 6.45) is 0. The van der Waals surface area contributed by atoms with Crippen LogP contribution >= 0.6 is 11.3 Å². The molecule has 0 aliphatic carbocycles. The predicted molar refractivity (Wildman–Crippen MR) is 78.2 cm³/mol. The average Bonchev–Trinajstić information content (AvgIpc) is 2.85. The molecule has 0 aliphatic heterocycles. The topological polar surface area (TPSA) is 68.0 Å². The number of amides is 1. The van der Waals surface area contributed by atoms with Gasteiger partial charge in [0.15, 0.2) is 0 Å². The van der Waals surface area contributed by atoms with E-state index in [9.17, 15) is 4.79 Å². The first kappa shape index (κ1) is 13.5. The van der Waals surface area contributed by atoms with Gasteiger partial charge in [-0.25, -0.2) is 4.98 Å². The minimum atomic E-state index is -0.167. The van der Waals surface area contributed by atoms with Gasteiger partial charge in [-0.15, -0.1) is 11.3 Å². The maximum Gasteiger partial charge on any atom is 0.253 e. The summed E-state index contributed by atoms with van der Waals surface area (Å²) < 4.78 is 0. The third-order valence-electron chi connectivity index (χ3n) is 2.77. The molecule has 2 aromatic rings. The van der Waals surface area contributed by atoms with Crippen LogP contribution in [0.4, 0.5) is 5.69 Å². The van der Waals surface area contributed by atoms with Crippen LogP contribution in [0.3, 0.4) is 0 Å². The van der Waals surface area contributed by atoms with Gasteiger partial charge in [0.25, 0.3) is 5.91 Å². The lowest BCUT2D eigenvalue weighted by molar-refractivity contribution is 0.0952. The van der Waals surface area contributed by atoms with Crippen LogP contribution in [-0.2, 0) is 6.54 Å². The van der Waals surface area contributed by atoms with Crippen LogP contribution in [0.1, 0.15) is 40.8 Å². The van der Waals surface area contributed by atoms with Crippen LogP contribution < -0.4 is 11.1 Å². The number of nitrogen functional groups attached to an aromatic ring is 1. The largest absolute Gasteiger partial charge is 0.398 e. The van der Waals surface area contributed by atoms with Gasteiger partial charge in [-0.05, 0) is 18.1 Å². The number of nitrogens with zero attached hydrogens (tertiary/aromatic N) is 1. The van der Waals surface area contributed by atoms with E-state index in [-0.39, 0.29) is 5.91 Å². The molecular weight excluding hydrogens is 258 g/mol. The van der Waals surface area contributed by atoms with E-state index >= 15 is 0 Å². The summed E-state index contributed by atoms with van der Waals surface area (Å²) in [5.41, 5.74) is 7.81. The molecule has 1 heterocycles. The van der Waals surface area contributed by atoms with Crippen LogP contribution in [0.5, 0.6) is 0 Å². The summed E-state index contributed by atoms with van der Waals surface area (Å²) in [5, 5.41) is 5.78. The predicted octanol–water partition coefficient (Wildman–Crippen LogP) is 2.78. The second kappa shape index (κ2) is 5.84. The average molecular weight is 275 g/mol. The Morgan fingerprint density at radius 1 is 1.42 bits per heavy atom. The summed E-state index contributed by atoms with van der Waals surface area (Å²) in [6, 6.07) is 7.04. The number of anilines is 1. The maximum absolute atomic E-state index is 12.0. The fourth-order valence-corrected chi connectivity index (χ4v) is 2.52. The van der Waals surface area contributed by atoms with Crippen LogP contribution in [0.15, 0.2) is 29.6 Å². The smallest absolute Gasteiger partial charge is 0.253 e. The molecule has 100 valence electrons. The van der Waals surface area contributed by atoms with Gasteiger partial charge in [-0.2, -0.15) is 0 Å². The molecule has 19 heavy (non-hydrogen) atoms. The van der Waals surface area contributed by atoms with E-state index in [0.717, 1.165) is 10.7 Å². The number of benzene rings is 1. The number of rotatable bonds is 4. The number of thiazole rings is 1. The standard InChI is InChI=1S/C14H17N3OS/c1-9(2)12-8-19-13(17-12)7-16-14(18)10-5-3-4-6-11(10)15/h3-6,8-9H,7,15H2,1-2H3,(H,16,18). The van der Waals surface area contributed by atoms with Crippen molar-refractivity contribution in [3.63, 3.8) is 0 Å². The fourth-order valence-electron chi connectivity index (χ4n) is 1.63. The Morgan fingerprint density at radius 2 is 2.16 bits per heavy atom. The minimum Gasteiger partial charge on any atom is -0.398 e. The molecule has 0 atom stereocenters. The van der Waals surface area contributed by atoms with Crippen molar-refractivity contribution in [1.82, 2.24) is 10.3 Å². The van der Waals surface area contributed by atoms with E-state index in [2.05, 4.69) is 24.1 Å². The normalized spacial score (nSPS) is 10.7. The third-order valence-corrected chi connectivity index (χ3v) is 3.63. The molecule has 0 unspecified atom stereocenters. The molecule has 2 rings (SSSR count). The van der Waals surface area contributed by atoms with Crippen molar-refractivity contribution in [3.8, 4) is 0 Å². The van der Waals surface area contributed by atoms with Crippen molar-refractivity contribution in [3.05, 3.63) is 45.9 Å². The molecule has 1 aromatic heterocycles. The van der Waals surface area contributed by atoms with E-state index in [1.807, 2.05) is 11.4 Å². The summed E-state index contributed by atoms with van der Waals surface area (Å²) in [6.45, 7) is 4.63. The summed E-state index contributed by atoms with van der Waals surface area (Å²) in [7, 11) is 0. The molecule has 0 fully saturated rings.